The number of hydrogen-bond acceptors (Lipinski definition) is 3. The summed E-state index contributed by atoms with van der Waals surface area (Å²) in [6.45, 7) is 2.24. The summed E-state index contributed by atoms with van der Waals surface area (Å²) in [5, 5.41) is 2.56. The number of amides is 2. The molecule has 0 aliphatic carbocycles. The van der Waals surface area contributed by atoms with Crippen LogP contribution in [0.25, 0.3) is 0 Å². The molecule has 0 radical (unpaired) electrons. The smallest absolute Gasteiger partial charge is 0.243 e. The van der Waals surface area contributed by atoms with E-state index in [1.165, 1.54) is 23.1 Å². The Kier molecular flexibility index (Phi) is 4.34. The number of nitrogens with two attached hydrogens (primary N) is 1. The fourth-order valence-electron chi connectivity index (χ4n) is 2.18. The van der Waals surface area contributed by atoms with E-state index in [9.17, 15) is 14.0 Å². The lowest BCUT2D eigenvalue weighted by molar-refractivity contribution is -0.138. The SMILES string of the molecule is CC1CC(=O)N(CC(=O)Nc2cccc(F)c2)CC1N. The highest BCUT2D eigenvalue weighted by molar-refractivity contribution is 5.94. The van der Waals surface area contributed by atoms with Crippen LogP contribution in [0.1, 0.15) is 13.3 Å². The van der Waals surface area contributed by atoms with Crippen molar-refractivity contribution in [1.29, 1.82) is 0 Å². The van der Waals surface area contributed by atoms with Gasteiger partial charge in [0.05, 0.1) is 6.54 Å². The van der Waals surface area contributed by atoms with Crippen LogP contribution in [0, 0.1) is 11.7 Å². The van der Waals surface area contributed by atoms with Gasteiger partial charge in [-0.25, -0.2) is 4.39 Å². The molecule has 2 atom stereocenters. The molecule has 0 bridgehead atoms. The Morgan fingerprint density at radius 3 is 3.00 bits per heavy atom. The van der Waals surface area contributed by atoms with Crippen molar-refractivity contribution in [2.24, 2.45) is 11.7 Å². The van der Waals surface area contributed by atoms with Crippen molar-refractivity contribution >= 4 is 17.5 Å². The van der Waals surface area contributed by atoms with E-state index in [2.05, 4.69) is 5.32 Å². The molecule has 2 amide bonds. The van der Waals surface area contributed by atoms with E-state index < -0.39 is 5.82 Å². The molecule has 1 fully saturated rings. The number of nitrogens with zero attached hydrogens (tertiary/aromatic N) is 1. The number of halogens is 1. The minimum Gasteiger partial charge on any atom is -0.332 e. The Morgan fingerprint density at radius 1 is 1.55 bits per heavy atom. The molecule has 1 aromatic carbocycles. The van der Waals surface area contributed by atoms with Crippen molar-refractivity contribution < 1.29 is 14.0 Å². The Balaban J connectivity index is 1.93. The third-order valence-electron chi connectivity index (χ3n) is 3.45. The Hall–Kier alpha value is -1.95. The first kappa shape index (κ1) is 14.5. The van der Waals surface area contributed by atoms with Gasteiger partial charge < -0.3 is 16.0 Å². The fourth-order valence-corrected chi connectivity index (χ4v) is 2.18. The Labute approximate surface area is 116 Å². The van der Waals surface area contributed by atoms with Gasteiger partial charge in [-0.05, 0) is 24.1 Å². The molecule has 3 N–H and O–H groups in total. The Bertz CT molecular complexity index is 521. The van der Waals surface area contributed by atoms with Crippen LogP contribution in [0.15, 0.2) is 24.3 Å². The first-order valence-corrected chi connectivity index (χ1v) is 6.54. The number of carbonyl (C=O) groups is 2. The second-order valence-electron chi connectivity index (χ2n) is 5.18. The lowest BCUT2D eigenvalue weighted by Gasteiger charge is -2.34. The minimum atomic E-state index is -0.423. The normalized spacial score (nSPS) is 22.8. The van der Waals surface area contributed by atoms with Gasteiger partial charge in [0.2, 0.25) is 11.8 Å². The van der Waals surface area contributed by atoms with E-state index in [1.807, 2.05) is 6.92 Å². The predicted molar refractivity (Wildman–Crippen MR) is 73.4 cm³/mol. The molecular weight excluding hydrogens is 261 g/mol. The van der Waals surface area contributed by atoms with Crippen molar-refractivity contribution in [2.75, 3.05) is 18.4 Å². The molecule has 5 nitrogen and oxygen atoms in total. The topological polar surface area (TPSA) is 75.4 Å². The summed E-state index contributed by atoms with van der Waals surface area (Å²) in [6.07, 6.45) is 0.356. The number of piperidine rings is 1. The van der Waals surface area contributed by atoms with Crippen molar-refractivity contribution in [3.8, 4) is 0 Å². The first-order chi connectivity index (χ1) is 9.45. The van der Waals surface area contributed by atoms with Crippen molar-refractivity contribution in [3.05, 3.63) is 30.1 Å². The quantitative estimate of drug-likeness (QED) is 0.865. The molecule has 1 aliphatic rings. The van der Waals surface area contributed by atoms with Gasteiger partial charge in [-0.15, -0.1) is 0 Å². The summed E-state index contributed by atoms with van der Waals surface area (Å²) in [4.78, 5) is 25.1. The molecule has 0 aromatic heterocycles. The van der Waals surface area contributed by atoms with E-state index in [-0.39, 0.29) is 30.3 Å². The monoisotopic (exact) mass is 279 g/mol. The molecular formula is C14H18FN3O2. The van der Waals surface area contributed by atoms with Gasteiger partial charge in [-0.3, -0.25) is 9.59 Å². The maximum atomic E-state index is 13.0. The summed E-state index contributed by atoms with van der Waals surface area (Å²) in [7, 11) is 0. The summed E-state index contributed by atoms with van der Waals surface area (Å²) in [5.74, 6) is -0.725. The average molecular weight is 279 g/mol. The number of carbonyl (C=O) groups excluding carboxylic acids is 2. The maximum absolute atomic E-state index is 13.0. The lowest BCUT2D eigenvalue weighted by atomic mass is 9.94. The van der Waals surface area contributed by atoms with Gasteiger partial charge in [-0.2, -0.15) is 0 Å². The van der Waals surface area contributed by atoms with Crippen LogP contribution in [-0.4, -0.2) is 35.8 Å². The van der Waals surface area contributed by atoms with Crippen LogP contribution in [0.3, 0.4) is 0 Å². The number of nitrogens with one attached hydrogen (secondary N) is 1. The second kappa shape index (κ2) is 6.00. The highest BCUT2D eigenvalue weighted by Gasteiger charge is 2.30. The van der Waals surface area contributed by atoms with E-state index in [4.69, 9.17) is 5.73 Å². The molecule has 0 spiro atoms. The zero-order valence-corrected chi connectivity index (χ0v) is 11.3. The van der Waals surface area contributed by atoms with E-state index in [0.717, 1.165) is 0 Å². The highest BCUT2D eigenvalue weighted by Crippen LogP contribution is 2.17. The fraction of sp³-hybridized carbons (Fsp3) is 0.429. The van der Waals surface area contributed by atoms with Gasteiger partial charge >= 0.3 is 0 Å². The summed E-state index contributed by atoms with van der Waals surface area (Å²) in [6, 6.07) is 5.50. The van der Waals surface area contributed by atoms with Crippen molar-refractivity contribution in [1.82, 2.24) is 4.90 Å². The van der Waals surface area contributed by atoms with Crippen LogP contribution >= 0.6 is 0 Å². The van der Waals surface area contributed by atoms with Crippen LogP contribution < -0.4 is 11.1 Å². The lowest BCUT2D eigenvalue weighted by Crippen LogP contribution is -2.52. The number of likely N-dealkylation sites (tertiary alicyclic amines) is 1. The minimum absolute atomic E-state index is 0.0598. The van der Waals surface area contributed by atoms with E-state index in [1.54, 1.807) is 6.07 Å². The predicted octanol–water partition coefficient (Wildman–Crippen LogP) is 0.960. The molecule has 20 heavy (non-hydrogen) atoms. The van der Waals surface area contributed by atoms with Crippen LogP contribution in [0.4, 0.5) is 10.1 Å². The largest absolute Gasteiger partial charge is 0.332 e. The number of benzene rings is 1. The summed E-state index contributed by atoms with van der Waals surface area (Å²) >= 11 is 0. The molecule has 1 saturated heterocycles. The number of anilines is 1. The number of rotatable bonds is 3. The molecule has 108 valence electrons. The molecule has 2 rings (SSSR count). The van der Waals surface area contributed by atoms with E-state index >= 15 is 0 Å². The zero-order valence-electron chi connectivity index (χ0n) is 11.3. The van der Waals surface area contributed by atoms with Gasteiger partial charge in [0.1, 0.15) is 5.82 Å². The molecule has 2 unspecified atom stereocenters. The van der Waals surface area contributed by atoms with Crippen molar-refractivity contribution in [3.63, 3.8) is 0 Å². The van der Waals surface area contributed by atoms with Crippen molar-refractivity contribution in [2.45, 2.75) is 19.4 Å². The van der Waals surface area contributed by atoms with Crippen LogP contribution in [-0.2, 0) is 9.59 Å². The van der Waals surface area contributed by atoms with Crippen LogP contribution in [0.2, 0.25) is 0 Å². The second-order valence-corrected chi connectivity index (χ2v) is 5.18. The Morgan fingerprint density at radius 2 is 2.30 bits per heavy atom. The molecule has 1 heterocycles. The van der Waals surface area contributed by atoms with E-state index in [0.29, 0.717) is 18.7 Å². The molecule has 6 heteroatoms. The highest BCUT2D eigenvalue weighted by atomic mass is 19.1. The number of hydrogen-bond donors (Lipinski definition) is 2. The van der Waals surface area contributed by atoms with Crippen LogP contribution in [0.5, 0.6) is 0 Å². The third kappa shape index (κ3) is 3.54. The summed E-state index contributed by atoms with van der Waals surface area (Å²) in [5.41, 5.74) is 6.28. The zero-order chi connectivity index (χ0) is 14.7. The molecule has 1 aliphatic heterocycles. The first-order valence-electron chi connectivity index (χ1n) is 6.54. The van der Waals surface area contributed by atoms with Gasteiger partial charge in [0.25, 0.3) is 0 Å². The molecule has 1 aromatic rings. The molecule has 0 saturated carbocycles. The van der Waals surface area contributed by atoms with Gasteiger partial charge in [0.15, 0.2) is 0 Å². The standard InChI is InChI=1S/C14H18FN3O2/c1-9-5-14(20)18(7-12(9)16)8-13(19)17-11-4-2-3-10(15)6-11/h2-4,6,9,12H,5,7-8,16H2,1H3,(H,17,19). The van der Waals surface area contributed by atoms with Gasteiger partial charge in [0, 0.05) is 24.7 Å². The van der Waals surface area contributed by atoms with Gasteiger partial charge in [-0.1, -0.05) is 13.0 Å². The summed E-state index contributed by atoms with van der Waals surface area (Å²) < 4.78 is 13.0. The maximum Gasteiger partial charge on any atom is 0.243 e. The third-order valence-corrected chi connectivity index (χ3v) is 3.45. The average Bonchev–Trinajstić information content (AvgIpc) is 2.36.